The van der Waals surface area contributed by atoms with Crippen molar-refractivity contribution >= 4 is 23.7 Å². The number of carbonyl (C=O) groups excluding carboxylic acids is 1. The molecule has 0 aromatic carbocycles. The van der Waals surface area contributed by atoms with Gasteiger partial charge >= 0.3 is 17.9 Å². The minimum atomic E-state index is -1.06. The summed E-state index contributed by atoms with van der Waals surface area (Å²) in [7, 11) is 0. The molecular weight excluding hydrogens is 312 g/mol. The van der Waals surface area contributed by atoms with Crippen molar-refractivity contribution in [2.24, 2.45) is 0 Å². The highest BCUT2D eigenvalue weighted by molar-refractivity contribution is 5.93. The van der Waals surface area contributed by atoms with Crippen LogP contribution in [0.5, 0.6) is 0 Å². The van der Waals surface area contributed by atoms with Gasteiger partial charge in [-0.05, 0) is 20.8 Å². The fourth-order valence-electron chi connectivity index (χ4n) is 0.213. The second-order valence-electron chi connectivity index (χ2n) is 3.89. The lowest BCUT2D eigenvalue weighted by Gasteiger charge is -1.80. The van der Waals surface area contributed by atoms with E-state index in [1.807, 2.05) is 0 Å². The molecule has 0 saturated carbocycles. The lowest BCUT2D eigenvalue weighted by Crippen LogP contribution is -2.00. The summed E-state index contributed by atoms with van der Waals surface area (Å²) in [5, 5.41) is 38.9. The SMILES string of the molecule is C=C(C)C(=O)O.C=C(C)C(=O)O.CC(=O)CC(=O)O.OCCO. The molecule has 0 unspecified atom stereocenters. The van der Waals surface area contributed by atoms with E-state index in [0.717, 1.165) is 0 Å². The first-order valence-corrected chi connectivity index (χ1v) is 6.03. The molecule has 0 saturated heterocycles. The minimum absolute atomic E-state index is 0.125. The van der Waals surface area contributed by atoms with Crippen LogP contribution in [0.1, 0.15) is 27.2 Å². The van der Waals surface area contributed by atoms with E-state index in [2.05, 4.69) is 13.2 Å². The van der Waals surface area contributed by atoms with Gasteiger partial charge in [0.15, 0.2) is 0 Å². The standard InChI is InChI=1S/C4H6O3.2C4H6O2.C2H6O2/c1-3(5)2-4(6)7;2*1-3(2)4(5)6;3-1-2-4/h2H2,1H3,(H,6,7);2*1H2,2H3,(H,5,6);3-4H,1-2H2. The number of ketones is 1. The summed E-state index contributed by atoms with van der Waals surface area (Å²) in [6.07, 6.45) is -0.361. The number of carbonyl (C=O) groups is 4. The first kappa shape index (κ1) is 28.6. The summed E-state index contributed by atoms with van der Waals surface area (Å²) in [5.41, 5.74) is 0.352. The molecule has 0 bridgehead atoms. The van der Waals surface area contributed by atoms with Gasteiger partial charge < -0.3 is 25.5 Å². The fourth-order valence-corrected chi connectivity index (χ4v) is 0.213. The number of hydrogen-bond acceptors (Lipinski definition) is 6. The van der Waals surface area contributed by atoms with Crippen molar-refractivity contribution in [1.82, 2.24) is 0 Å². The highest BCUT2D eigenvalue weighted by atomic mass is 16.4. The van der Waals surface area contributed by atoms with Crippen LogP contribution >= 0.6 is 0 Å². The lowest BCUT2D eigenvalue weighted by atomic mass is 10.3. The Balaban J connectivity index is -0.000000107. The van der Waals surface area contributed by atoms with Gasteiger partial charge in [0.05, 0.1) is 13.2 Å². The van der Waals surface area contributed by atoms with E-state index in [4.69, 9.17) is 25.5 Å². The number of rotatable bonds is 5. The first-order valence-electron chi connectivity index (χ1n) is 6.03. The van der Waals surface area contributed by atoms with Crippen molar-refractivity contribution in [2.75, 3.05) is 13.2 Å². The molecule has 0 rings (SSSR count). The Bertz CT molecular complexity index is 348. The van der Waals surface area contributed by atoms with Crippen LogP contribution in [-0.4, -0.2) is 62.4 Å². The van der Waals surface area contributed by atoms with Gasteiger partial charge in [0.25, 0.3) is 0 Å². The summed E-state index contributed by atoms with van der Waals surface area (Å²) in [6, 6.07) is 0. The monoisotopic (exact) mass is 336 g/mol. The van der Waals surface area contributed by atoms with Crippen LogP contribution in [0.4, 0.5) is 0 Å². The van der Waals surface area contributed by atoms with Gasteiger partial charge in [-0.3, -0.25) is 9.59 Å². The van der Waals surface area contributed by atoms with Crippen molar-refractivity contribution in [3.63, 3.8) is 0 Å². The Hall–Kier alpha value is -2.52. The largest absolute Gasteiger partial charge is 0.481 e. The number of hydrogen-bond donors (Lipinski definition) is 5. The third-order valence-electron chi connectivity index (χ3n) is 1.23. The molecule has 0 fully saturated rings. The second-order valence-corrected chi connectivity index (χ2v) is 3.89. The van der Waals surface area contributed by atoms with Crippen molar-refractivity contribution in [1.29, 1.82) is 0 Å². The summed E-state index contributed by atoms with van der Waals surface area (Å²) in [6.45, 7) is 10.2. The molecule has 9 nitrogen and oxygen atoms in total. The second kappa shape index (κ2) is 19.5. The van der Waals surface area contributed by atoms with E-state index in [1.54, 1.807) is 0 Å². The lowest BCUT2D eigenvalue weighted by molar-refractivity contribution is -0.140. The molecule has 0 spiro atoms. The molecule has 0 heterocycles. The maximum atomic E-state index is 9.87. The maximum Gasteiger partial charge on any atom is 0.330 e. The van der Waals surface area contributed by atoms with Gasteiger partial charge in [-0.25, -0.2) is 9.59 Å². The average molecular weight is 336 g/mol. The molecule has 0 aliphatic heterocycles. The van der Waals surface area contributed by atoms with E-state index >= 15 is 0 Å². The number of aliphatic hydroxyl groups is 2. The molecule has 9 heteroatoms. The van der Waals surface area contributed by atoms with Crippen molar-refractivity contribution in [2.45, 2.75) is 27.2 Å². The van der Waals surface area contributed by atoms with Gasteiger partial charge in [-0.2, -0.15) is 0 Å². The summed E-state index contributed by atoms with van der Waals surface area (Å²) in [4.78, 5) is 38.7. The normalized spacial score (nSPS) is 7.70. The zero-order valence-electron chi connectivity index (χ0n) is 13.4. The molecular formula is C14H24O9. The molecule has 0 amide bonds. The van der Waals surface area contributed by atoms with E-state index in [1.165, 1.54) is 20.8 Å². The molecule has 0 aromatic heterocycles. The Morgan fingerprint density at radius 2 is 0.957 bits per heavy atom. The van der Waals surface area contributed by atoms with E-state index in [9.17, 15) is 19.2 Å². The molecule has 23 heavy (non-hydrogen) atoms. The fraction of sp³-hybridized carbons (Fsp3) is 0.429. The molecule has 0 aliphatic carbocycles. The Morgan fingerprint density at radius 3 is 0.957 bits per heavy atom. The van der Waals surface area contributed by atoms with Crippen LogP contribution in [0.15, 0.2) is 24.3 Å². The van der Waals surface area contributed by atoms with Crippen LogP contribution in [-0.2, 0) is 19.2 Å². The van der Waals surface area contributed by atoms with E-state index in [-0.39, 0.29) is 36.6 Å². The number of aliphatic hydroxyl groups excluding tert-OH is 2. The zero-order valence-corrected chi connectivity index (χ0v) is 13.4. The van der Waals surface area contributed by atoms with Crippen LogP contribution in [0.3, 0.4) is 0 Å². The predicted molar refractivity (Wildman–Crippen MR) is 82.0 cm³/mol. The first-order chi connectivity index (χ1) is 10.3. The van der Waals surface area contributed by atoms with Crippen LogP contribution < -0.4 is 0 Å². The predicted octanol–water partition coefficient (Wildman–Crippen LogP) is 0.315. The smallest absolute Gasteiger partial charge is 0.330 e. The van der Waals surface area contributed by atoms with E-state index < -0.39 is 17.9 Å². The summed E-state index contributed by atoms with van der Waals surface area (Å²) in [5.74, 6) is -3.25. The molecule has 0 atom stereocenters. The van der Waals surface area contributed by atoms with Gasteiger partial charge in [-0.15, -0.1) is 0 Å². The number of Topliss-reactive ketones (excluding diaryl/α,β-unsaturated/α-hetero) is 1. The molecule has 134 valence electrons. The van der Waals surface area contributed by atoms with E-state index in [0.29, 0.717) is 0 Å². The summed E-state index contributed by atoms with van der Waals surface area (Å²) < 4.78 is 0. The topological polar surface area (TPSA) is 169 Å². The highest BCUT2D eigenvalue weighted by Crippen LogP contribution is 1.81. The maximum absolute atomic E-state index is 9.87. The van der Waals surface area contributed by atoms with Gasteiger partial charge in [0.1, 0.15) is 12.2 Å². The zero-order chi connectivity index (χ0) is 19.6. The Labute approximate surface area is 134 Å². The van der Waals surface area contributed by atoms with Crippen LogP contribution in [0, 0.1) is 0 Å². The molecule has 0 aromatic rings. The molecule has 5 N–H and O–H groups in total. The Kier molecular flexibility index (Phi) is 24.2. The number of carboxylic acid groups (broad SMARTS) is 3. The van der Waals surface area contributed by atoms with Gasteiger partial charge in [0.2, 0.25) is 0 Å². The molecule has 0 radical (unpaired) electrons. The van der Waals surface area contributed by atoms with Crippen LogP contribution in [0.25, 0.3) is 0 Å². The van der Waals surface area contributed by atoms with Gasteiger partial charge in [0, 0.05) is 11.1 Å². The summed E-state index contributed by atoms with van der Waals surface area (Å²) >= 11 is 0. The molecule has 0 aliphatic rings. The van der Waals surface area contributed by atoms with Gasteiger partial charge in [-0.1, -0.05) is 13.2 Å². The number of carboxylic acids is 3. The highest BCUT2D eigenvalue weighted by Gasteiger charge is 1.98. The quantitative estimate of drug-likeness (QED) is 0.350. The van der Waals surface area contributed by atoms with Crippen LogP contribution in [0.2, 0.25) is 0 Å². The third kappa shape index (κ3) is 54.2. The average Bonchev–Trinajstić information content (AvgIpc) is 2.38. The van der Waals surface area contributed by atoms with Crippen molar-refractivity contribution in [3.05, 3.63) is 24.3 Å². The number of aliphatic carboxylic acids is 3. The minimum Gasteiger partial charge on any atom is -0.481 e. The Morgan fingerprint density at radius 1 is 0.739 bits per heavy atom. The third-order valence-corrected chi connectivity index (χ3v) is 1.23. The van der Waals surface area contributed by atoms with Crippen molar-refractivity contribution in [3.8, 4) is 0 Å². The van der Waals surface area contributed by atoms with Crippen molar-refractivity contribution < 1.29 is 44.7 Å².